The van der Waals surface area contributed by atoms with Gasteiger partial charge >= 0.3 is 0 Å². The van der Waals surface area contributed by atoms with Crippen molar-refractivity contribution in [1.29, 1.82) is 0 Å². The maximum absolute atomic E-state index is 12.0. The summed E-state index contributed by atoms with van der Waals surface area (Å²) < 4.78 is 26.2. The number of benzene rings is 2. The third-order valence-electron chi connectivity index (χ3n) is 3.34. The van der Waals surface area contributed by atoms with Gasteiger partial charge in [0.15, 0.2) is 0 Å². The van der Waals surface area contributed by atoms with E-state index in [1.54, 1.807) is 36.4 Å². The van der Waals surface area contributed by atoms with Crippen LogP contribution in [0, 0.1) is 0 Å². The van der Waals surface area contributed by atoms with Crippen molar-refractivity contribution in [1.82, 2.24) is 0 Å². The van der Waals surface area contributed by atoms with E-state index in [4.69, 9.17) is 0 Å². The SMILES string of the molecule is CS(=O)(=O)N(CCCC(=O)Nc1ccc(Br)cc1)c1ccccc1. The highest BCUT2D eigenvalue weighted by Gasteiger charge is 2.17. The summed E-state index contributed by atoms with van der Waals surface area (Å²) >= 11 is 3.34. The summed E-state index contributed by atoms with van der Waals surface area (Å²) in [5, 5.41) is 2.79. The number of nitrogens with zero attached hydrogens (tertiary/aromatic N) is 1. The van der Waals surface area contributed by atoms with Gasteiger partial charge in [-0.3, -0.25) is 9.10 Å². The van der Waals surface area contributed by atoms with Gasteiger partial charge in [0, 0.05) is 23.1 Å². The molecule has 0 radical (unpaired) electrons. The van der Waals surface area contributed by atoms with Crippen LogP contribution in [0.15, 0.2) is 59.1 Å². The van der Waals surface area contributed by atoms with Crippen LogP contribution in [0.1, 0.15) is 12.8 Å². The molecule has 2 aromatic rings. The quantitative estimate of drug-likeness (QED) is 0.757. The fourth-order valence-corrected chi connectivity index (χ4v) is 3.45. The lowest BCUT2D eigenvalue weighted by Crippen LogP contribution is -2.31. The van der Waals surface area contributed by atoms with E-state index >= 15 is 0 Å². The van der Waals surface area contributed by atoms with Crippen LogP contribution in [0.2, 0.25) is 0 Å². The molecule has 0 aliphatic carbocycles. The average molecular weight is 411 g/mol. The molecular weight excluding hydrogens is 392 g/mol. The fraction of sp³-hybridized carbons (Fsp3) is 0.235. The third kappa shape index (κ3) is 5.65. The first-order valence-electron chi connectivity index (χ1n) is 7.44. The number of rotatable bonds is 7. The number of amides is 1. The van der Waals surface area contributed by atoms with Gasteiger partial charge in [0.2, 0.25) is 15.9 Å². The number of sulfonamides is 1. The van der Waals surface area contributed by atoms with Gasteiger partial charge in [-0.1, -0.05) is 34.1 Å². The van der Waals surface area contributed by atoms with Crippen molar-refractivity contribution in [2.75, 3.05) is 22.4 Å². The minimum absolute atomic E-state index is 0.140. The molecule has 0 spiro atoms. The zero-order chi connectivity index (χ0) is 17.6. The molecule has 0 saturated heterocycles. The Labute approximate surface area is 150 Å². The van der Waals surface area contributed by atoms with E-state index in [2.05, 4.69) is 21.2 Å². The largest absolute Gasteiger partial charge is 0.326 e. The Balaban J connectivity index is 1.91. The Hall–Kier alpha value is -1.86. The number of halogens is 1. The van der Waals surface area contributed by atoms with Crippen LogP contribution < -0.4 is 9.62 Å². The van der Waals surface area contributed by atoms with Crippen LogP contribution in [0.4, 0.5) is 11.4 Å². The molecule has 0 heterocycles. The predicted molar refractivity (Wildman–Crippen MR) is 101 cm³/mol. The molecule has 2 rings (SSSR count). The fourth-order valence-electron chi connectivity index (χ4n) is 2.22. The van der Waals surface area contributed by atoms with E-state index in [9.17, 15) is 13.2 Å². The van der Waals surface area contributed by atoms with Crippen LogP contribution in [0.3, 0.4) is 0 Å². The summed E-state index contributed by atoms with van der Waals surface area (Å²) in [5.74, 6) is -0.140. The Bertz CT molecular complexity index is 777. The van der Waals surface area contributed by atoms with Gasteiger partial charge in [-0.05, 0) is 42.8 Å². The summed E-state index contributed by atoms with van der Waals surface area (Å²) in [6, 6.07) is 16.2. The molecule has 1 amide bonds. The van der Waals surface area contributed by atoms with E-state index in [0.29, 0.717) is 17.8 Å². The molecule has 24 heavy (non-hydrogen) atoms. The molecule has 0 atom stereocenters. The highest BCUT2D eigenvalue weighted by atomic mass is 79.9. The molecule has 5 nitrogen and oxygen atoms in total. The van der Waals surface area contributed by atoms with E-state index in [0.717, 1.165) is 4.47 Å². The van der Waals surface area contributed by atoms with Gasteiger partial charge in [0.1, 0.15) is 0 Å². The first kappa shape index (κ1) is 18.5. The molecule has 0 fully saturated rings. The second kappa shape index (κ2) is 8.30. The van der Waals surface area contributed by atoms with E-state index in [1.165, 1.54) is 10.6 Å². The van der Waals surface area contributed by atoms with Crippen LogP contribution in [-0.2, 0) is 14.8 Å². The number of carbonyl (C=O) groups excluding carboxylic acids is 1. The third-order valence-corrected chi connectivity index (χ3v) is 5.06. The monoisotopic (exact) mass is 410 g/mol. The first-order valence-corrected chi connectivity index (χ1v) is 10.1. The molecule has 0 aliphatic rings. The molecule has 128 valence electrons. The molecule has 0 unspecified atom stereocenters. The van der Waals surface area contributed by atoms with Gasteiger partial charge in [-0.25, -0.2) is 8.42 Å². The molecule has 0 bridgehead atoms. The van der Waals surface area contributed by atoms with Crippen molar-refractivity contribution < 1.29 is 13.2 Å². The maximum Gasteiger partial charge on any atom is 0.232 e. The Morgan fingerprint density at radius 3 is 2.29 bits per heavy atom. The average Bonchev–Trinajstić information content (AvgIpc) is 2.53. The molecule has 1 N–H and O–H groups in total. The van der Waals surface area contributed by atoms with Crippen molar-refractivity contribution >= 4 is 43.2 Å². The zero-order valence-electron chi connectivity index (χ0n) is 13.3. The molecule has 0 aliphatic heterocycles. The summed E-state index contributed by atoms with van der Waals surface area (Å²) in [6.07, 6.45) is 1.85. The minimum atomic E-state index is -3.38. The highest BCUT2D eigenvalue weighted by Crippen LogP contribution is 2.18. The lowest BCUT2D eigenvalue weighted by molar-refractivity contribution is -0.116. The van der Waals surface area contributed by atoms with Gasteiger partial charge in [0.05, 0.1) is 11.9 Å². The van der Waals surface area contributed by atoms with E-state index < -0.39 is 10.0 Å². The number of anilines is 2. The van der Waals surface area contributed by atoms with Crippen molar-refractivity contribution in [2.45, 2.75) is 12.8 Å². The van der Waals surface area contributed by atoms with E-state index in [1.807, 2.05) is 18.2 Å². The highest BCUT2D eigenvalue weighted by molar-refractivity contribution is 9.10. The van der Waals surface area contributed by atoms with Crippen molar-refractivity contribution in [3.8, 4) is 0 Å². The topological polar surface area (TPSA) is 66.5 Å². The second-order valence-corrected chi connectivity index (χ2v) is 8.15. The number of hydrogen-bond donors (Lipinski definition) is 1. The smallest absolute Gasteiger partial charge is 0.232 e. The first-order chi connectivity index (χ1) is 11.4. The van der Waals surface area contributed by atoms with Crippen molar-refractivity contribution in [3.63, 3.8) is 0 Å². The molecular formula is C17H19BrN2O3S. The van der Waals surface area contributed by atoms with Crippen LogP contribution in [-0.4, -0.2) is 27.1 Å². The summed E-state index contributed by atoms with van der Waals surface area (Å²) in [4.78, 5) is 12.0. The Morgan fingerprint density at radius 2 is 1.71 bits per heavy atom. The lowest BCUT2D eigenvalue weighted by Gasteiger charge is -2.22. The normalized spacial score (nSPS) is 11.1. The van der Waals surface area contributed by atoms with Crippen LogP contribution in [0.5, 0.6) is 0 Å². The van der Waals surface area contributed by atoms with E-state index in [-0.39, 0.29) is 18.9 Å². The number of para-hydroxylation sites is 1. The van der Waals surface area contributed by atoms with Crippen molar-refractivity contribution in [2.24, 2.45) is 0 Å². The zero-order valence-corrected chi connectivity index (χ0v) is 15.7. The van der Waals surface area contributed by atoms with Gasteiger partial charge in [-0.2, -0.15) is 0 Å². The molecule has 0 aromatic heterocycles. The van der Waals surface area contributed by atoms with Crippen molar-refractivity contribution in [3.05, 3.63) is 59.1 Å². The van der Waals surface area contributed by atoms with Gasteiger partial charge in [0.25, 0.3) is 0 Å². The molecule has 0 saturated carbocycles. The standard InChI is InChI=1S/C17H19BrN2O3S/c1-24(22,23)20(16-6-3-2-4-7-16)13-5-8-17(21)19-15-11-9-14(18)10-12-15/h2-4,6-7,9-12H,5,8,13H2,1H3,(H,19,21). The summed E-state index contributed by atoms with van der Waals surface area (Å²) in [5.41, 5.74) is 1.32. The number of carbonyl (C=O) groups is 1. The molecule has 7 heteroatoms. The molecule has 2 aromatic carbocycles. The van der Waals surface area contributed by atoms with Gasteiger partial charge in [-0.15, -0.1) is 0 Å². The second-order valence-electron chi connectivity index (χ2n) is 5.33. The lowest BCUT2D eigenvalue weighted by atomic mass is 10.2. The Morgan fingerprint density at radius 1 is 1.08 bits per heavy atom. The predicted octanol–water partition coefficient (Wildman–Crippen LogP) is 3.63. The van der Waals surface area contributed by atoms with Crippen LogP contribution in [0.25, 0.3) is 0 Å². The number of hydrogen-bond acceptors (Lipinski definition) is 3. The van der Waals surface area contributed by atoms with Crippen LogP contribution >= 0.6 is 15.9 Å². The van der Waals surface area contributed by atoms with Gasteiger partial charge < -0.3 is 5.32 Å². The summed E-state index contributed by atoms with van der Waals surface area (Å²) in [7, 11) is -3.38. The maximum atomic E-state index is 12.0. The Kier molecular flexibility index (Phi) is 6.39. The number of nitrogens with one attached hydrogen (secondary N) is 1. The summed E-state index contributed by atoms with van der Waals surface area (Å²) in [6.45, 7) is 0.261. The minimum Gasteiger partial charge on any atom is -0.326 e.